The van der Waals surface area contributed by atoms with Crippen LogP contribution in [-0.4, -0.2) is 31.2 Å². The smallest absolute Gasteiger partial charge is 0.251 e. The second-order valence-corrected chi connectivity index (χ2v) is 6.18. The average molecular weight is 326 g/mol. The molecule has 1 aliphatic heterocycles. The number of aryl methyl sites for hydroxylation is 2. The van der Waals surface area contributed by atoms with Crippen LogP contribution in [0.1, 0.15) is 27.3 Å². The lowest BCUT2D eigenvalue weighted by Crippen LogP contribution is -2.35. The van der Waals surface area contributed by atoms with Gasteiger partial charge in [-0.05, 0) is 44.0 Å². The van der Waals surface area contributed by atoms with Crippen molar-refractivity contribution in [2.75, 3.05) is 20.3 Å². The Hall–Kier alpha value is -2.56. The number of hydrogen-bond donors (Lipinski definition) is 1. The SMILES string of the molecule is COc1cccc2c1OCC(CNC(=O)c1cc(C)nc(C)c1)C2. The van der Waals surface area contributed by atoms with Crippen molar-refractivity contribution >= 4 is 5.91 Å². The molecule has 0 spiro atoms. The minimum atomic E-state index is -0.0694. The van der Waals surface area contributed by atoms with Crippen molar-refractivity contribution in [3.8, 4) is 11.5 Å². The van der Waals surface area contributed by atoms with E-state index in [2.05, 4.69) is 10.3 Å². The van der Waals surface area contributed by atoms with E-state index in [1.54, 1.807) is 19.2 Å². The van der Waals surface area contributed by atoms with Crippen LogP contribution in [-0.2, 0) is 6.42 Å². The van der Waals surface area contributed by atoms with E-state index in [4.69, 9.17) is 9.47 Å². The molecule has 1 aromatic carbocycles. The topological polar surface area (TPSA) is 60.5 Å². The second kappa shape index (κ2) is 6.91. The molecule has 1 N–H and O–H groups in total. The van der Waals surface area contributed by atoms with Gasteiger partial charge in [0.15, 0.2) is 11.5 Å². The van der Waals surface area contributed by atoms with Crippen LogP contribution in [0.3, 0.4) is 0 Å². The quantitative estimate of drug-likeness (QED) is 0.938. The third-order valence-corrected chi connectivity index (χ3v) is 4.15. The fraction of sp³-hybridized carbons (Fsp3) is 0.368. The second-order valence-electron chi connectivity index (χ2n) is 6.18. The van der Waals surface area contributed by atoms with Crippen molar-refractivity contribution in [1.29, 1.82) is 0 Å². The molecule has 2 aromatic rings. The van der Waals surface area contributed by atoms with Crippen LogP contribution in [0.15, 0.2) is 30.3 Å². The van der Waals surface area contributed by atoms with Gasteiger partial charge < -0.3 is 14.8 Å². The first-order valence-corrected chi connectivity index (χ1v) is 8.09. The molecule has 3 rings (SSSR count). The van der Waals surface area contributed by atoms with Crippen LogP contribution < -0.4 is 14.8 Å². The standard InChI is InChI=1S/C19H22N2O3/c1-12-7-16(8-13(2)21-12)19(22)20-10-14-9-15-5-4-6-17(23-3)18(15)24-11-14/h4-8,14H,9-11H2,1-3H3,(H,20,22). The predicted octanol–water partition coefficient (Wildman–Crippen LogP) is 2.69. The van der Waals surface area contributed by atoms with E-state index in [9.17, 15) is 4.79 Å². The first-order valence-electron chi connectivity index (χ1n) is 8.09. The molecule has 0 fully saturated rings. The van der Waals surface area contributed by atoms with Gasteiger partial charge in [-0.25, -0.2) is 0 Å². The minimum absolute atomic E-state index is 0.0694. The Morgan fingerprint density at radius 2 is 2.08 bits per heavy atom. The number of methoxy groups -OCH3 is 1. The molecule has 2 heterocycles. The molecule has 5 nitrogen and oxygen atoms in total. The van der Waals surface area contributed by atoms with Gasteiger partial charge in [0.05, 0.1) is 13.7 Å². The number of ether oxygens (including phenoxy) is 2. The molecule has 1 amide bonds. The molecule has 0 saturated carbocycles. The minimum Gasteiger partial charge on any atom is -0.493 e. The van der Waals surface area contributed by atoms with Crippen LogP contribution in [0, 0.1) is 19.8 Å². The predicted molar refractivity (Wildman–Crippen MR) is 91.7 cm³/mol. The Bertz CT molecular complexity index is 738. The summed E-state index contributed by atoms with van der Waals surface area (Å²) in [6.07, 6.45) is 0.862. The highest BCUT2D eigenvalue weighted by Gasteiger charge is 2.23. The van der Waals surface area contributed by atoms with Crippen LogP contribution in [0.5, 0.6) is 11.5 Å². The van der Waals surface area contributed by atoms with Gasteiger partial charge in [-0.15, -0.1) is 0 Å². The molecule has 24 heavy (non-hydrogen) atoms. The van der Waals surface area contributed by atoms with Gasteiger partial charge in [-0.1, -0.05) is 12.1 Å². The van der Waals surface area contributed by atoms with Crippen LogP contribution >= 0.6 is 0 Å². The van der Waals surface area contributed by atoms with Crippen molar-refractivity contribution in [1.82, 2.24) is 10.3 Å². The molecule has 5 heteroatoms. The van der Waals surface area contributed by atoms with Crippen molar-refractivity contribution in [3.05, 3.63) is 52.8 Å². The van der Waals surface area contributed by atoms with Gasteiger partial charge >= 0.3 is 0 Å². The highest BCUT2D eigenvalue weighted by Crippen LogP contribution is 2.35. The van der Waals surface area contributed by atoms with E-state index in [1.165, 1.54) is 0 Å². The van der Waals surface area contributed by atoms with Gasteiger partial charge in [0.25, 0.3) is 5.91 Å². The summed E-state index contributed by atoms with van der Waals surface area (Å²) in [5.74, 6) is 1.76. The fourth-order valence-electron chi connectivity index (χ4n) is 3.05. The monoisotopic (exact) mass is 326 g/mol. The Labute approximate surface area is 142 Å². The summed E-state index contributed by atoms with van der Waals surface area (Å²) in [7, 11) is 1.64. The number of carbonyl (C=O) groups is 1. The summed E-state index contributed by atoms with van der Waals surface area (Å²) in [4.78, 5) is 16.6. The van der Waals surface area contributed by atoms with Gasteiger partial charge in [-0.2, -0.15) is 0 Å². The maximum Gasteiger partial charge on any atom is 0.251 e. The Balaban J connectivity index is 1.62. The Morgan fingerprint density at radius 1 is 1.33 bits per heavy atom. The molecule has 1 aliphatic rings. The molecule has 0 saturated heterocycles. The fourth-order valence-corrected chi connectivity index (χ4v) is 3.05. The van der Waals surface area contributed by atoms with Crippen molar-refractivity contribution < 1.29 is 14.3 Å². The van der Waals surface area contributed by atoms with Gasteiger partial charge in [0, 0.05) is 29.4 Å². The summed E-state index contributed by atoms with van der Waals surface area (Å²) in [6.45, 7) is 4.93. The normalized spacial score (nSPS) is 16.0. The summed E-state index contributed by atoms with van der Waals surface area (Å²) < 4.78 is 11.2. The number of aromatic nitrogens is 1. The Kier molecular flexibility index (Phi) is 4.69. The number of nitrogens with zero attached hydrogens (tertiary/aromatic N) is 1. The van der Waals surface area contributed by atoms with Crippen molar-refractivity contribution in [3.63, 3.8) is 0 Å². The zero-order valence-electron chi connectivity index (χ0n) is 14.3. The largest absolute Gasteiger partial charge is 0.493 e. The summed E-state index contributed by atoms with van der Waals surface area (Å²) >= 11 is 0. The maximum absolute atomic E-state index is 12.3. The number of amides is 1. The molecule has 0 aliphatic carbocycles. The Morgan fingerprint density at radius 3 is 2.79 bits per heavy atom. The van der Waals surface area contributed by atoms with E-state index in [0.717, 1.165) is 34.9 Å². The van der Waals surface area contributed by atoms with Gasteiger partial charge in [0.2, 0.25) is 0 Å². The third kappa shape index (κ3) is 3.50. The van der Waals surface area contributed by atoms with Gasteiger partial charge in [-0.3, -0.25) is 9.78 Å². The van der Waals surface area contributed by atoms with Crippen molar-refractivity contribution in [2.45, 2.75) is 20.3 Å². The first kappa shape index (κ1) is 16.3. The number of carbonyl (C=O) groups excluding carboxylic acids is 1. The van der Waals surface area contributed by atoms with Crippen LogP contribution in [0.25, 0.3) is 0 Å². The molecule has 1 unspecified atom stereocenters. The number of para-hydroxylation sites is 1. The lowest BCUT2D eigenvalue weighted by atomic mass is 9.96. The zero-order chi connectivity index (χ0) is 17.1. The summed E-state index contributed by atoms with van der Waals surface area (Å²) in [5.41, 5.74) is 3.47. The van der Waals surface area contributed by atoms with Crippen LogP contribution in [0.4, 0.5) is 0 Å². The summed E-state index contributed by atoms with van der Waals surface area (Å²) in [5, 5.41) is 3.00. The lowest BCUT2D eigenvalue weighted by molar-refractivity contribution is 0.0938. The highest BCUT2D eigenvalue weighted by atomic mass is 16.5. The molecule has 0 bridgehead atoms. The zero-order valence-corrected chi connectivity index (χ0v) is 14.3. The number of hydrogen-bond acceptors (Lipinski definition) is 4. The number of pyridine rings is 1. The first-order chi connectivity index (χ1) is 11.6. The number of benzene rings is 1. The van der Waals surface area contributed by atoms with Gasteiger partial charge in [0.1, 0.15) is 0 Å². The van der Waals surface area contributed by atoms with E-state index in [-0.39, 0.29) is 11.8 Å². The molecular weight excluding hydrogens is 304 g/mol. The van der Waals surface area contributed by atoms with E-state index < -0.39 is 0 Å². The lowest BCUT2D eigenvalue weighted by Gasteiger charge is -2.26. The summed E-state index contributed by atoms with van der Waals surface area (Å²) in [6, 6.07) is 9.51. The number of fused-ring (bicyclic) bond motifs is 1. The number of rotatable bonds is 4. The van der Waals surface area contributed by atoms with E-state index >= 15 is 0 Å². The number of nitrogens with one attached hydrogen (secondary N) is 1. The van der Waals surface area contributed by atoms with E-state index in [0.29, 0.717) is 18.7 Å². The average Bonchev–Trinajstić information content (AvgIpc) is 2.58. The molecule has 126 valence electrons. The highest BCUT2D eigenvalue weighted by molar-refractivity contribution is 5.94. The van der Waals surface area contributed by atoms with E-state index in [1.807, 2.05) is 32.0 Å². The molecule has 1 aromatic heterocycles. The molecule has 0 radical (unpaired) electrons. The molecular formula is C19H22N2O3. The van der Waals surface area contributed by atoms with Crippen molar-refractivity contribution in [2.24, 2.45) is 5.92 Å². The maximum atomic E-state index is 12.3. The van der Waals surface area contributed by atoms with Crippen LogP contribution in [0.2, 0.25) is 0 Å². The molecule has 1 atom stereocenters. The third-order valence-electron chi connectivity index (χ3n) is 4.15.